The second-order valence-corrected chi connectivity index (χ2v) is 6.56. The molecule has 3 aromatic rings. The maximum absolute atomic E-state index is 12.7. The van der Waals surface area contributed by atoms with Crippen LogP contribution in [0.2, 0.25) is 0 Å². The van der Waals surface area contributed by atoms with Crippen LogP contribution < -0.4 is 10.2 Å². The van der Waals surface area contributed by atoms with Crippen molar-refractivity contribution in [2.45, 2.75) is 0 Å². The van der Waals surface area contributed by atoms with Crippen LogP contribution in [-0.2, 0) is 0 Å². The summed E-state index contributed by atoms with van der Waals surface area (Å²) in [5.74, 6) is 0.531. The Labute approximate surface area is 157 Å². The Morgan fingerprint density at radius 1 is 1.11 bits per heavy atom. The Morgan fingerprint density at radius 2 is 1.96 bits per heavy atom. The molecule has 0 saturated carbocycles. The summed E-state index contributed by atoms with van der Waals surface area (Å²) in [5, 5.41) is 9.79. The number of carbonyl (C=O) groups excluding carboxylic acids is 1. The number of carbonyl (C=O) groups is 1. The van der Waals surface area contributed by atoms with Crippen LogP contribution in [0.3, 0.4) is 0 Å². The fraction of sp³-hybridized carbons (Fsp3) is 0.263. The van der Waals surface area contributed by atoms with Gasteiger partial charge in [-0.1, -0.05) is 12.1 Å². The van der Waals surface area contributed by atoms with Crippen molar-refractivity contribution in [3.63, 3.8) is 0 Å². The average molecular weight is 363 g/mol. The minimum absolute atomic E-state index is 0.255. The van der Waals surface area contributed by atoms with Crippen LogP contribution in [0.25, 0.3) is 11.3 Å². The van der Waals surface area contributed by atoms with E-state index in [2.05, 4.69) is 42.3 Å². The van der Waals surface area contributed by atoms with Crippen LogP contribution in [0.1, 0.15) is 10.5 Å². The molecule has 1 amide bonds. The molecular weight excluding hydrogens is 342 g/mol. The minimum atomic E-state index is -0.255. The van der Waals surface area contributed by atoms with Crippen molar-refractivity contribution in [1.82, 2.24) is 25.1 Å². The number of rotatable bonds is 4. The van der Waals surface area contributed by atoms with Crippen LogP contribution in [-0.4, -0.2) is 64.2 Å². The van der Waals surface area contributed by atoms with Gasteiger partial charge in [-0.25, -0.2) is 9.97 Å². The third-order valence-corrected chi connectivity index (χ3v) is 4.64. The second-order valence-electron chi connectivity index (χ2n) is 6.56. The molecule has 2 aromatic heterocycles. The Morgan fingerprint density at radius 3 is 2.74 bits per heavy atom. The lowest BCUT2D eigenvalue weighted by molar-refractivity contribution is 0.102. The van der Waals surface area contributed by atoms with Crippen molar-refractivity contribution in [1.29, 1.82) is 0 Å². The van der Waals surface area contributed by atoms with Crippen molar-refractivity contribution in [3.05, 3.63) is 54.6 Å². The van der Waals surface area contributed by atoms with E-state index in [1.807, 2.05) is 30.3 Å². The SMILES string of the molecule is CN1CCN(c2cc(C(=O)Nc3cccc(-c4ccn[nH]4)c3)ncn2)CC1. The fourth-order valence-electron chi connectivity index (χ4n) is 3.06. The van der Waals surface area contributed by atoms with Crippen LogP contribution in [0, 0.1) is 0 Å². The highest BCUT2D eigenvalue weighted by Gasteiger charge is 2.17. The molecule has 2 N–H and O–H groups in total. The molecule has 27 heavy (non-hydrogen) atoms. The summed E-state index contributed by atoms with van der Waals surface area (Å²) in [7, 11) is 2.10. The summed E-state index contributed by atoms with van der Waals surface area (Å²) in [6.07, 6.45) is 3.14. The number of nitrogens with zero attached hydrogens (tertiary/aromatic N) is 5. The minimum Gasteiger partial charge on any atom is -0.354 e. The number of likely N-dealkylation sites (N-methyl/N-ethyl adjacent to an activating group) is 1. The van der Waals surface area contributed by atoms with E-state index in [1.165, 1.54) is 6.33 Å². The van der Waals surface area contributed by atoms with E-state index in [9.17, 15) is 4.79 Å². The summed E-state index contributed by atoms with van der Waals surface area (Å²) in [5.41, 5.74) is 2.90. The molecule has 1 aliphatic heterocycles. The first-order chi connectivity index (χ1) is 13.2. The largest absolute Gasteiger partial charge is 0.354 e. The monoisotopic (exact) mass is 363 g/mol. The predicted molar refractivity (Wildman–Crippen MR) is 104 cm³/mol. The zero-order chi connectivity index (χ0) is 18.6. The third-order valence-electron chi connectivity index (χ3n) is 4.64. The van der Waals surface area contributed by atoms with Gasteiger partial charge in [0.05, 0.1) is 5.69 Å². The number of hydrogen-bond acceptors (Lipinski definition) is 6. The van der Waals surface area contributed by atoms with Gasteiger partial charge in [0.15, 0.2) is 0 Å². The van der Waals surface area contributed by atoms with Gasteiger partial charge in [0, 0.05) is 49.7 Å². The molecule has 0 unspecified atom stereocenters. The molecule has 8 heteroatoms. The quantitative estimate of drug-likeness (QED) is 0.735. The fourth-order valence-corrected chi connectivity index (χ4v) is 3.06. The molecule has 3 heterocycles. The van der Waals surface area contributed by atoms with Crippen molar-refractivity contribution < 1.29 is 4.79 Å². The molecular formula is C19H21N7O. The highest BCUT2D eigenvalue weighted by atomic mass is 16.1. The number of nitrogens with one attached hydrogen (secondary N) is 2. The van der Waals surface area contributed by atoms with Crippen LogP contribution in [0.15, 0.2) is 48.9 Å². The molecule has 8 nitrogen and oxygen atoms in total. The predicted octanol–water partition coefficient (Wildman–Crippen LogP) is 1.87. The van der Waals surface area contributed by atoms with Crippen LogP contribution >= 0.6 is 0 Å². The maximum atomic E-state index is 12.7. The van der Waals surface area contributed by atoms with Gasteiger partial charge in [-0.05, 0) is 25.2 Å². The van der Waals surface area contributed by atoms with E-state index < -0.39 is 0 Å². The number of benzene rings is 1. The number of H-pyrrole nitrogens is 1. The number of anilines is 2. The molecule has 1 aromatic carbocycles. The number of hydrogen-bond donors (Lipinski definition) is 2. The Hall–Kier alpha value is -3.26. The Kier molecular flexibility index (Phi) is 4.80. The summed E-state index contributed by atoms with van der Waals surface area (Å²) < 4.78 is 0. The van der Waals surface area contributed by atoms with Gasteiger partial charge in [-0.2, -0.15) is 5.10 Å². The van der Waals surface area contributed by atoms with Gasteiger partial charge in [0.25, 0.3) is 5.91 Å². The molecule has 0 radical (unpaired) electrons. The highest BCUT2D eigenvalue weighted by Crippen LogP contribution is 2.21. The van der Waals surface area contributed by atoms with Gasteiger partial charge in [0.1, 0.15) is 17.8 Å². The van der Waals surface area contributed by atoms with Crippen LogP contribution in [0.4, 0.5) is 11.5 Å². The first-order valence-corrected chi connectivity index (χ1v) is 8.86. The molecule has 1 saturated heterocycles. The van der Waals surface area contributed by atoms with E-state index in [0.29, 0.717) is 11.4 Å². The van der Waals surface area contributed by atoms with Crippen molar-refractivity contribution in [2.75, 3.05) is 43.4 Å². The number of amides is 1. The number of aromatic amines is 1. The summed E-state index contributed by atoms with van der Waals surface area (Å²) in [6.45, 7) is 3.74. The molecule has 1 aliphatic rings. The molecule has 0 aliphatic carbocycles. The van der Waals surface area contributed by atoms with Gasteiger partial charge in [0.2, 0.25) is 0 Å². The normalized spacial score (nSPS) is 14.9. The topological polar surface area (TPSA) is 90.0 Å². The van der Waals surface area contributed by atoms with E-state index in [1.54, 1.807) is 12.3 Å². The molecule has 4 rings (SSSR count). The van der Waals surface area contributed by atoms with Gasteiger partial charge < -0.3 is 15.1 Å². The Balaban J connectivity index is 1.49. The summed E-state index contributed by atoms with van der Waals surface area (Å²) >= 11 is 0. The second kappa shape index (κ2) is 7.55. The maximum Gasteiger partial charge on any atom is 0.274 e. The number of piperazine rings is 1. The lowest BCUT2D eigenvalue weighted by Crippen LogP contribution is -2.44. The zero-order valence-corrected chi connectivity index (χ0v) is 15.1. The third kappa shape index (κ3) is 3.95. The molecule has 138 valence electrons. The van der Waals surface area contributed by atoms with Gasteiger partial charge in [-0.15, -0.1) is 0 Å². The molecule has 0 spiro atoms. The molecule has 0 bridgehead atoms. The van der Waals surface area contributed by atoms with Crippen molar-refractivity contribution in [3.8, 4) is 11.3 Å². The van der Waals surface area contributed by atoms with Gasteiger partial charge in [-0.3, -0.25) is 9.89 Å². The average Bonchev–Trinajstić information content (AvgIpc) is 3.24. The van der Waals surface area contributed by atoms with Gasteiger partial charge >= 0.3 is 0 Å². The lowest BCUT2D eigenvalue weighted by atomic mass is 10.1. The first kappa shape index (κ1) is 17.2. The van der Waals surface area contributed by atoms with E-state index >= 15 is 0 Å². The zero-order valence-electron chi connectivity index (χ0n) is 15.1. The van der Waals surface area contributed by atoms with E-state index in [-0.39, 0.29) is 5.91 Å². The first-order valence-electron chi connectivity index (χ1n) is 8.86. The van der Waals surface area contributed by atoms with Crippen LogP contribution in [0.5, 0.6) is 0 Å². The Bertz CT molecular complexity index is 917. The highest BCUT2D eigenvalue weighted by molar-refractivity contribution is 6.03. The molecule has 1 fully saturated rings. The van der Waals surface area contributed by atoms with E-state index in [4.69, 9.17) is 0 Å². The standard InChI is InChI=1S/C19H21N7O/c1-25-7-9-26(10-8-25)18-12-17(20-13-21-18)19(27)23-15-4-2-3-14(11-15)16-5-6-22-24-16/h2-6,11-13H,7-10H2,1H3,(H,22,24)(H,23,27). The number of aromatic nitrogens is 4. The summed E-state index contributed by atoms with van der Waals surface area (Å²) in [6, 6.07) is 11.2. The lowest BCUT2D eigenvalue weighted by Gasteiger charge is -2.33. The smallest absolute Gasteiger partial charge is 0.274 e. The van der Waals surface area contributed by atoms with Crippen molar-refractivity contribution in [2.24, 2.45) is 0 Å². The molecule has 0 atom stereocenters. The van der Waals surface area contributed by atoms with Crippen molar-refractivity contribution >= 4 is 17.4 Å². The summed E-state index contributed by atoms with van der Waals surface area (Å²) in [4.78, 5) is 25.6. The van der Waals surface area contributed by atoms with E-state index in [0.717, 1.165) is 43.3 Å².